The number of sulfonamides is 1. The van der Waals surface area contributed by atoms with Crippen molar-refractivity contribution in [1.82, 2.24) is 9.21 Å². The average Bonchev–Trinajstić information content (AvgIpc) is 3.29. The van der Waals surface area contributed by atoms with Crippen molar-refractivity contribution in [3.05, 3.63) is 53.8 Å². The van der Waals surface area contributed by atoms with Crippen molar-refractivity contribution in [1.29, 1.82) is 0 Å². The fourth-order valence-electron chi connectivity index (χ4n) is 4.18. The number of carbonyl (C=O) groups excluding carboxylic acids is 1. The summed E-state index contributed by atoms with van der Waals surface area (Å²) < 4.78 is 50.8. The minimum atomic E-state index is -3.72. The summed E-state index contributed by atoms with van der Waals surface area (Å²) in [7, 11) is -2.25. The topological polar surface area (TPSA) is 76.2 Å². The number of nitrogens with zero attached hydrogens (tertiary/aromatic N) is 2. The summed E-state index contributed by atoms with van der Waals surface area (Å²) in [6.07, 6.45) is 2.46. The van der Waals surface area contributed by atoms with Crippen molar-refractivity contribution in [3.63, 3.8) is 0 Å². The lowest BCUT2D eigenvalue weighted by Gasteiger charge is -2.27. The molecule has 0 aliphatic carbocycles. The van der Waals surface area contributed by atoms with Gasteiger partial charge < -0.3 is 14.4 Å². The second kappa shape index (κ2) is 9.46. The molecule has 0 bridgehead atoms. The molecule has 1 atom stereocenters. The fraction of sp³-hybridized carbons (Fsp3) is 0.435. The zero-order valence-corrected chi connectivity index (χ0v) is 18.8. The van der Waals surface area contributed by atoms with Crippen LogP contribution in [0.3, 0.4) is 0 Å². The standard InChI is InChI=1S/C23H27FN2O5S/c1-25(32(28,29)19-9-7-18(24)8-10-19)12-3-5-23(27)26-13-2-4-20(26)17-6-11-21-22(16-17)31-15-14-30-21/h6-11,16,20H,2-5,12-15H2,1H3. The second-order valence-corrected chi connectivity index (χ2v) is 10.1. The van der Waals surface area contributed by atoms with Gasteiger partial charge in [-0.3, -0.25) is 4.79 Å². The Labute approximate surface area is 187 Å². The van der Waals surface area contributed by atoms with E-state index in [1.54, 1.807) is 0 Å². The van der Waals surface area contributed by atoms with E-state index in [1.807, 2.05) is 23.1 Å². The molecule has 2 aromatic rings. The summed E-state index contributed by atoms with van der Waals surface area (Å²) in [5, 5.41) is 0. The van der Waals surface area contributed by atoms with E-state index in [2.05, 4.69) is 0 Å². The molecule has 1 saturated heterocycles. The van der Waals surface area contributed by atoms with Gasteiger partial charge in [-0.2, -0.15) is 0 Å². The Morgan fingerprint density at radius 1 is 1.12 bits per heavy atom. The van der Waals surface area contributed by atoms with E-state index in [4.69, 9.17) is 9.47 Å². The number of hydrogen-bond acceptors (Lipinski definition) is 5. The summed E-state index contributed by atoms with van der Waals surface area (Å²) >= 11 is 0. The molecule has 9 heteroatoms. The van der Waals surface area contributed by atoms with E-state index in [-0.39, 0.29) is 29.8 Å². The first kappa shape index (κ1) is 22.5. The number of carbonyl (C=O) groups is 1. The lowest BCUT2D eigenvalue weighted by Crippen LogP contribution is -2.32. The quantitative estimate of drug-likeness (QED) is 0.631. The van der Waals surface area contributed by atoms with Crippen molar-refractivity contribution < 1.29 is 27.1 Å². The number of halogens is 1. The van der Waals surface area contributed by atoms with Gasteiger partial charge >= 0.3 is 0 Å². The van der Waals surface area contributed by atoms with Crippen LogP contribution in [0.2, 0.25) is 0 Å². The van der Waals surface area contributed by atoms with Crippen LogP contribution >= 0.6 is 0 Å². The molecule has 4 rings (SSSR count). The third kappa shape index (κ3) is 4.73. The molecule has 2 aromatic carbocycles. The number of ether oxygens (including phenoxy) is 2. The molecule has 1 unspecified atom stereocenters. The molecule has 0 saturated carbocycles. The normalized spacial score (nSPS) is 18.2. The van der Waals surface area contributed by atoms with Gasteiger partial charge in [-0.1, -0.05) is 6.07 Å². The van der Waals surface area contributed by atoms with Gasteiger partial charge in [0.2, 0.25) is 15.9 Å². The Balaban J connectivity index is 1.35. The summed E-state index contributed by atoms with van der Waals surface area (Å²) in [6.45, 7) is 1.93. The van der Waals surface area contributed by atoms with Crippen LogP contribution in [-0.2, 0) is 14.8 Å². The molecule has 1 fully saturated rings. The molecule has 2 aliphatic rings. The molecule has 7 nitrogen and oxygen atoms in total. The van der Waals surface area contributed by atoms with E-state index >= 15 is 0 Å². The number of fused-ring (bicyclic) bond motifs is 1. The minimum absolute atomic E-state index is 0.00923. The van der Waals surface area contributed by atoms with Gasteiger partial charge in [0.15, 0.2) is 11.5 Å². The minimum Gasteiger partial charge on any atom is -0.486 e. The summed E-state index contributed by atoms with van der Waals surface area (Å²) in [5.41, 5.74) is 1.02. The summed E-state index contributed by atoms with van der Waals surface area (Å²) in [5.74, 6) is 0.951. The first-order chi connectivity index (χ1) is 15.4. The lowest BCUT2D eigenvalue weighted by molar-refractivity contribution is -0.132. The Hall–Kier alpha value is -2.65. The number of rotatable bonds is 7. The summed E-state index contributed by atoms with van der Waals surface area (Å²) in [6, 6.07) is 10.5. The van der Waals surface area contributed by atoms with Crippen LogP contribution in [0.25, 0.3) is 0 Å². The van der Waals surface area contributed by atoms with Crippen LogP contribution < -0.4 is 9.47 Å². The Kier molecular flexibility index (Phi) is 6.66. The first-order valence-corrected chi connectivity index (χ1v) is 12.2. The van der Waals surface area contributed by atoms with E-state index in [0.717, 1.165) is 36.3 Å². The highest BCUT2D eigenvalue weighted by Crippen LogP contribution is 2.38. The molecular formula is C23H27FN2O5S. The Morgan fingerprint density at radius 2 is 1.84 bits per heavy atom. The fourth-order valence-corrected chi connectivity index (χ4v) is 5.39. The van der Waals surface area contributed by atoms with E-state index < -0.39 is 15.8 Å². The monoisotopic (exact) mass is 462 g/mol. The van der Waals surface area contributed by atoms with Crippen LogP contribution in [0.15, 0.2) is 47.4 Å². The maximum atomic E-state index is 13.1. The highest BCUT2D eigenvalue weighted by molar-refractivity contribution is 7.89. The number of likely N-dealkylation sites (tertiary alicyclic amines) is 1. The molecule has 0 N–H and O–H groups in total. The van der Waals surface area contributed by atoms with Gasteiger partial charge in [0.1, 0.15) is 19.0 Å². The lowest BCUT2D eigenvalue weighted by atomic mass is 10.0. The van der Waals surface area contributed by atoms with Crippen molar-refractivity contribution in [2.45, 2.75) is 36.6 Å². The van der Waals surface area contributed by atoms with Crippen molar-refractivity contribution in [3.8, 4) is 11.5 Å². The van der Waals surface area contributed by atoms with Crippen LogP contribution in [0, 0.1) is 5.82 Å². The predicted octanol–water partition coefficient (Wildman–Crippen LogP) is 3.36. The highest BCUT2D eigenvalue weighted by Gasteiger charge is 2.31. The van der Waals surface area contributed by atoms with Crippen molar-refractivity contribution in [2.24, 2.45) is 0 Å². The number of benzene rings is 2. The zero-order chi connectivity index (χ0) is 22.7. The van der Waals surface area contributed by atoms with Gasteiger partial charge in [0, 0.05) is 26.6 Å². The van der Waals surface area contributed by atoms with E-state index in [0.29, 0.717) is 31.9 Å². The number of amides is 1. The highest BCUT2D eigenvalue weighted by atomic mass is 32.2. The van der Waals surface area contributed by atoms with Crippen LogP contribution in [-0.4, -0.2) is 56.9 Å². The number of hydrogen-bond donors (Lipinski definition) is 0. The molecule has 0 radical (unpaired) electrons. The molecule has 1 amide bonds. The van der Waals surface area contributed by atoms with E-state index in [9.17, 15) is 17.6 Å². The van der Waals surface area contributed by atoms with Gasteiger partial charge in [0.05, 0.1) is 10.9 Å². The molecule has 172 valence electrons. The van der Waals surface area contributed by atoms with E-state index in [1.165, 1.54) is 23.5 Å². The SMILES string of the molecule is CN(CCCC(=O)N1CCCC1c1ccc2c(c1)OCCO2)S(=O)(=O)c1ccc(F)cc1. The summed E-state index contributed by atoms with van der Waals surface area (Å²) in [4.78, 5) is 14.8. The van der Waals surface area contributed by atoms with Crippen molar-refractivity contribution >= 4 is 15.9 Å². The predicted molar refractivity (Wildman–Crippen MR) is 117 cm³/mol. The second-order valence-electron chi connectivity index (χ2n) is 8.03. The average molecular weight is 463 g/mol. The van der Waals surface area contributed by atoms with Crippen LogP contribution in [0.1, 0.15) is 37.3 Å². The van der Waals surface area contributed by atoms with Gasteiger partial charge in [0.25, 0.3) is 0 Å². The smallest absolute Gasteiger partial charge is 0.242 e. The zero-order valence-electron chi connectivity index (χ0n) is 18.0. The third-order valence-corrected chi connectivity index (χ3v) is 7.78. The maximum Gasteiger partial charge on any atom is 0.242 e. The third-order valence-electron chi connectivity index (χ3n) is 5.91. The molecule has 0 spiro atoms. The molecule has 2 heterocycles. The molecule has 32 heavy (non-hydrogen) atoms. The van der Waals surface area contributed by atoms with Gasteiger partial charge in [-0.25, -0.2) is 17.1 Å². The van der Waals surface area contributed by atoms with Crippen LogP contribution in [0.4, 0.5) is 4.39 Å². The Morgan fingerprint density at radius 3 is 2.59 bits per heavy atom. The first-order valence-electron chi connectivity index (χ1n) is 10.8. The molecule has 0 aromatic heterocycles. The molecule has 2 aliphatic heterocycles. The van der Waals surface area contributed by atoms with Gasteiger partial charge in [-0.05, 0) is 61.2 Å². The maximum absolute atomic E-state index is 13.1. The Bertz CT molecular complexity index is 1070. The van der Waals surface area contributed by atoms with Crippen LogP contribution in [0.5, 0.6) is 11.5 Å². The van der Waals surface area contributed by atoms with Gasteiger partial charge in [-0.15, -0.1) is 0 Å². The molecular weight excluding hydrogens is 435 g/mol. The largest absolute Gasteiger partial charge is 0.486 e. The van der Waals surface area contributed by atoms with Crippen molar-refractivity contribution in [2.75, 3.05) is 33.4 Å².